The minimum absolute atomic E-state index is 0.0185. The van der Waals surface area contributed by atoms with Crippen LogP contribution in [0.3, 0.4) is 0 Å². The second kappa shape index (κ2) is 8.28. The summed E-state index contributed by atoms with van der Waals surface area (Å²) < 4.78 is 0. The molecule has 0 radical (unpaired) electrons. The Hall–Kier alpha value is -2.46. The van der Waals surface area contributed by atoms with Gasteiger partial charge in [0.05, 0.1) is 21.5 Å². The summed E-state index contributed by atoms with van der Waals surface area (Å²) in [5, 5.41) is 9.16. The standard InChI is InChI=1S/C18H17NS.C4H6O2/c1-3-14-9-11-16(12-10-14)18-17(19-13(2)20-18)15-7-5-4-6-8-15;5-4(6)3-1-2-3/h4-12H,3H2,1-2H3;3H,1-2H2,(H,5,6). The number of hydrogen-bond acceptors (Lipinski definition) is 3. The molecule has 4 rings (SSSR count). The molecule has 0 atom stereocenters. The molecule has 0 spiro atoms. The molecular weight excluding hydrogens is 342 g/mol. The molecule has 1 aliphatic carbocycles. The van der Waals surface area contributed by atoms with Crippen LogP contribution in [-0.2, 0) is 11.2 Å². The van der Waals surface area contributed by atoms with Crippen molar-refractivity contribution in [2.45, 2.75) is 33.1 Å². The summed E-state index contributed by atoms with van der Waals surface area (Å²) in [6.07, 6.45) is 2.87. The number of hydrogen-bond donors (Lipinski definition) is 1. The van der Waals surface area contributed by atoms with Gasteiger partial charge in [0, 0.05) is 5.56 Å². The lowest BCUT2D eigenvalue weighted by atomic mass is 10.0. The molecule has 0 amide bonds. The van der Waals surface area contributed by atoms with E-state index < -0.39 is 5.97 Å². The molecule has 26 heavy (non-hydrogen) atoms. The quantitative estimate of drug-likeness (QED) is 0.633. The van der Waals surface area contributed by atoms with E-state index in [4.69, 9.17) is 10.1 Å². The largest absolute Gasteiger partial charge is 0.481 e. The molecule has 4 heteroatoms. The van der Waals surface area contributed by atoms with Crippen LogP contribution in [0.1, 0.15) is 30.3 Å². The highest BCUT2D eigenvalue weighted by atomic mass is 32.1. The van der Waals surface area contributed by atoms with E-state index in [0.717, 1.165) is 30.0 Å². The first-order valence-corrected chi connectivity index (χ1v) is 9.75. The molecule has 3 aromatic rings. The zero-order valence-corrected chi connectivity index (χ0v) is 15.9. The maximum Gasteiger partial charge on any atom is 0.306 e. The number of aliphatic carboxylic acids is 1. The number of benzene rings is 2. The topological polar surface area (TPSA) is 50.2 Å². The maximum absolute atomic E-state index is 9.76. The number of carbonyl (C=O) groups is 1. The van der Waals surface area contributed by atoms with Crippen LogP contribution in [-0.4, -0.2) is 16.1 Å². The van der Waals surface area contributed by atoms with Crippen molar-refractivity contribution in [3.63, 3.8) is 0 Å². The van der Waals surface area contributed by atoms with E-state index in [1.807, 2.05) is 6.07 Å². The van der Waals surface area contributed by atoms with Crippen molar-refractivity contribution in [1.82, 2.24) is 4.98 Å². The third kappa shape index (κ3) is 4.58. The fourth-order valence-electron chi connectivity index (χ4n) is 2.64. The minimum atomic E-state index is -0.630. The molecule has 0 saturated heterocycles. The molecule has 2 aromatic carbocycles. The van der Waals surface area contributed by atoms with Gasteiger partial charge in [-0.25, -0.2) is 4.98 Å². The van der Waals surface area contributed by atoms with Crippen molar-refractivity contribution in [2.24, 2.45) is 5.92 Å². The zero-order chi connectivity index (χ0) is 18.5. The Labute approximate surface area is 158 Å². The molecule has 134 valence electrons. The highest BCUT2D eigenvalue weighted by Crippen LogP contribution is 2.36. The molecule has 3 nitrogen and oxygen atoms in total. The Morgan fingerprint density at radius 2 is 1.73 bits per heavy atom. The van der Waals surface area contributed by atoms with E-state index in [0.29, 0.717) is 0 Å². The van der Waals surface area contributed by atoms with Crippen LogP contribution in [0.25, 0.3) is 21.7 Å². The van der Waals surface area contributed by atoms with Crippen LogP contribution in [0.2, 0.25) is 0 Å². The molecule has 1 aliphatic rings. The van der Waals surface area contributed by atoms with Gasteiger partial charge < -0.3 is 5.11 Å². The Kier molecular flexibility index (Phi) is 5.84. The second-order valence-electron chi connectivity index (χ2n) is 6.44. The Balaban J connectivity index is 0.000000278. The zero-order valence-electron chi connectivity index (χ0n) is 15.1. The lowest BCUT2D eigenvalue weighted by Crippen LogP contribution is -1.94. The highest BCUT2D eigenvalue weighted by molar-refractivity contribution is 7.15. The summed E-state index contributed by atoms with van der Waals surface area (Å²) in [5.74, 6) is -0.611. The predicted molar refractivity (Wildman–Crippen MR) is 107 cm³/mol. The second-order valence-corrected chi connectivity index (χ2v) is 7.64. The molecule has 1 saturated carbocycles. The molecule has 0 bridgehead atoms. The van der Waals surface area contributed by atoms with Crippen LogP contribution in [0.4, 0.5) is 0 Å². The smallest absolute Gasteiger partial charge is 0.306 e. The van der Waals surface area contributed by atoms with Gasteiger partial charge in [-0.05, 0) is 37.3 Å². The van der Waals surface area contributed by atoms with Gasteiger partial charge >= 0.3 is 5.97 Å². The summed E-state index contributed by atoms with van der Waals surface area (Å²) in [5.41, 5.74) is 4.91. The predicted octanol–water partition coefficient (Wildman–Crippen LogP) is 5.83. The van der Waals surface area contributed by atoms with Crippen molar-refractivity contribution in [3.05, 3.63) is 65.2 Å². The number of aryl methyl sites for hydroxylation is 2. The monoisotopic (exact) mass is 365 g/mol. The van der Waals surface area contributed by atoms with Crippen molar-refractivity contribution < 1.29 is 9.90 Å². The molecule has 0 unspecified atom stereocenters. The maximum atomic E-state index is 9.76. The van der Waals surface area contributed by atoms with Crippen molar-refractivity contribution in [1.29, 1.82) is 0 Å². The summed E-state index contributed by atoms with van der Waals surface area (Å²) in [6.45, 7) is 4.25. The summed E-state index contributed by atoms with van der Waals surface area (Å²) >= 11 is 1.76. The first-order chi connectivity index (χ1) is 12.6. The SMILES string of the molecule is CCc1ccc(-c2sc(C)nc2-c2ccccc2)cc1.O=C(O)C1CC1. The first-order valence-electron chi connectivity index (χ1n) is 8.93. The molecule has 1 fully saturated rings. The summed E-state index contributed by atoms with van der Waals surface area (Å²) in [4.78, 5) is 15.7. The van der Waals surface area contributed by atoms with Gasteiger partial charge in [-0.1, -0.05) is 61.5 Å². The van der Waals surface area contributed by atoms with Crippen LogP contribution in [0.15, 0.2) is 54.6 Å². The van der Waals surface area contributed by atoms with Crippen LogP contribution in [0, 0.1) is 12.8 Å². The van der Waals surface area contributed by atoms with E-state index in [2.05, 4.69) is 62.4 Å². The van der Waals surface area contributed by atoms with Crippen molar-refractivity contribution in [2.75, 3.05) is 0 Å². The average molecular weight is 365 g/mol. The lowest BCUT2D eigenvalue weighted by Gasteiger charge is -2.04. The van der Waals surface area contributed by atoms with E-state index in [9.17, 15) is 4.79 Å². The summed E-state index contributed by atoms with van der Waals surface area (Å²) in [7, 11) is 0. The van der Waals surface area contributed by atoms with Gasteiger partial charge in [-0.15, -0.1) is 11.3 Å². The Morgan fingerprint density at radius 3 is 2.23 bits per heavy atom. The minimum Gasteiger partial charge on any atom is -0.481 e. The average Bonchev–Trinajstić information content (AvgIpc) is 3.45. The van der Waals surface area contributed by atoms with E-state index >= 15 is 0 Å². The lowest BCUT2D eigenvalue weighted by molar-refractivity contribution is -0.138. The number of aromatic nitrogens is 1. The van der Waals surface area contributed by atoms with Gasteiger partial charge in [0.15, 0.2) is 0 Å². The molecule has 1 aromatic heterocycles. The van der Waals surface area contributed by atoms with Crippen molar-refractivity contribution >= 4 is 17.3 Å². The number of rotatable bonds is 4. The van der Waals surface area contributed by atoms with Crippen LogP contribution >= 0.6 is 11.3 Å². The first kappa shape index (κ1) is 18.3. The number of thiazole rings is 1. The van der Waals surface area contributed by atoms with Gasteiger partial charge in [0.2, 0.25) is 0 Å². The molecule has 1 N–H and O–H groups in total. The number of nitrogens with zero attached hydrogens (tertiary/aromatic N) is 1. The third-order valence-corrected chi connectivity index (χ3v) is 5.35. The molecular formula is C22H23NO2S. The van der Waals surface area contributed by atoms with E-state index in [1.54, 1.807) is 11.3 Å². The Morgan fingerprint density at radius 1 is 1.08 bits per heavy atom. The van der Waals surface area contributed by atoms with E-state index in [-0.39, 0.29) is 5.92 Å². The third-order valence-electron chi connectivity index (χ3n) is 4.33. The van der Waals surface area contributed by atoms with Crippen molar-refractivity contribution in [3.8, 4) is 21.7 Å². The number of carboxylic acid groups (broad SMARTS) is 1. The Bertz CT molecular complexity index is 865. The fraction of sp³-hybridized carbons (Fsp3) is 0.273. The van der Waals surface area contributed by atoms with Gasteiger partial charge in [0.25, 0.3) is 0 Å². The number of carboxylic acids is 1. The normalized spacial score (nSPS) is 13.0. The molecule has 1 heterocycles. The fourth-order valence-corrected chi connectivity index (χ4v) is 3.58. The van der Waals surface area contributed by atoms with Crippen LogP contribution < -0.4 is 0 Å². The van der Waals surface area contributed by atoms with Gasteiger partial charge in [-0.2, -0.15) is 0 Å². The van der Waals surface area contributed by atoms with Gasteiger partial charge in [-0.3, -0.25) is 4.79 Å². The molecule has 0 aliphatic heterocycles. The highest BCUT2D eigenvalue weighted by Gasteiger charge is 2.28. The summed E-state index contributed by atoms with van der Waals surface area (Å²) in [6, 6.07) is 19.2. The van der Waals surface area contributed by atoms with Crippen LogP contribution in [0.5, 0.6) is 0 Å². The van der Waals surface area contributed by atoms with Gasteiger partial charge in [0.1, 0.15) is 0 Å². The van der Waals surface area contributed by atoms with E-state index in [1.165, 1.54) is 21.6 Å².